The molecule has 0 saturated heterocycles. The second-order valence-corrected chi connectivity index (χ2v) is 13.2. The topological polar surface area (TPSA) is 38.7 Å². The van der Waals surface area contributed by atoms with Crippen LogP contribution in [0, 0.1) is 0 Å². The van der Waals surface area contributed by atoms with Crippen LogP contribution >= 0.6 is 0 Å². The molecule has 3 heteroatoms. The largest absolute Gasteiger partial charge is 0.248 e. The number of fused-ring (bicyclic) bond motifs is 5. The monoisotopic (exact) mass is 661 g/mol. The predicted octanol–water partition coefficient (Wildman–Crippen LogP) is 12.8. The highest BCUT2D eigenvalue weighted by atomic mass is 14.9. The number of hydrogen-bond donors (Lipinski definition) is 0. The summed E-state index contributed by atoms with van der Waals surface area (Å²) >= 11 is 0. The van der Waals surface area contributed by atoms with Crippen LogP contribution in [0.5, 0.6) is 0 Å². The summed E-state index contributed by atoms with van der Waals surface area (Å²) in [6, 6.07) is 66.3. The van der Waals surface area contributed by atoms with Crippen LogP contribution in [0.15, 0.2) is 188 Å². The van der Waals surface area contributed by atoms with Gasteiger partial charge in [0.15, 0.2) is 5.82 Å². The quantitative estimate of drug-likeness (QED) is 0.172. The van der Waals surface area contributed by atoms with Gasteiger partial charge in [-0.3, -0.25) is 0 Å². The Hall–Kier alpha value is -6.97. The molecule has 0 amide bonds. The molecular weight excluding hydrogens is 631 g/mol. The first-order valence-corrected chi connectivity index (χ1v) is 17.6. The summed E-state index contributed by atoms with van der Waals surface area (Å²) in [4.78, 5) is 15.8. The van der Waals surface area contributed by atoms with Crippen molar-refractivity contribution in [2.75, 3.05) is 0 Å². The molecule has 0 aliphatic carbocycles. The minimum Gasteiger partial charge on any atom is -0.248 e. The second-order valence-electron chi connectivity index (χ2n) is 13.2. The molecule has 0 N–H and O–H groups in total. The van der Waals surface area contributed by atoms with E-state index in [9.17, 15) is 0 Å². The molecule has 0 bridgehead atoms. The summed E-state index contributed by atoms with van der Waals surface area (Å²) in [5.41, 5.74) is 10.2. The molecule has 8 aromatic carbocycles. The van der Waals surface area contributed by atoms with E-state index in [1.54, 1.807) is 0 Å². The number of rotatable bonds is 5. The fraction of sp³-hybridized carbons (Fsp3) is 0. The lowest BCUT2D eigenvalue weighted by atomic mass is 9.94. The van der Waals surface area contributed by atoms with Crippen molar-refractivity contribution in [2.24, 2.45) is 0 Å². The maximum atomic E-state index is 5.41. The van der Waals surface area contributed by atoms with E-state index in [-0.39, 0.29) is 0 Å². The van der Waals surface area contributed by atoms with Crippen molar-refractivity contribution >= 4 is 43.2 Å². The fourth-order valence-electron chi connectivity index (χ4n) is 7.50. The molecule has 2 aromatic heterocycles. The van der Waals surface area contributed by atoms with Gasteiger partial charge in [-0.15, -0.1) is 0 Å². The number of aromatic nitrogens is 3. The zero-order chi connectivity index (χ0) is 34.4. The average Bonchev–Trinajstić information content (AvgIpc) is 3.23. The van der Waals surface area contributed by atoms with Gasteiger partial charge in [0, 0.05) is 33.0 Å². The van der Waals surface area contributed by atoms with Crippen LogP contribution in [0.1, 0.15) is 0 Å². The molecule has 2 heterocycles. The van der Waals surface area contributed by atoms with Gasteiger partial charge < -0.3 is 0 Å². The lowest BCUT2D eigenvalue weighted by Gasteiger charge is -2.15. The lowest BCUT2D eigenvalue weighted by molar-refractivity contribution is 1.23. The smallest absolute Gasteiger partial charge is 0.160 e. The molecule has 0 unspecified atom stereocenters. The molecule has 0 atom stereocenters. The summed E-state index contributed by atoms with van der Waals surface area (Å²) < 4.78 is 0. The number of nitrogens with zero attached hydrogens (tertiary/aromatic N) is 3. The maximum Gasteiger partial charge on any atom is 0.160 e. The molecule has 242 valence electrons. The highest BCUT2D eigenvalue weighted by Crippen LogP contribution is 2.38. The maximum absolute atomic E-state index is 5.41. The Morgan fingerprint density at radius 2 is 0.865 bits per heavy atom. The summed E-state index contributed by atoms with van der Waals surface area (Å²) in [6.07, 6.45) is 0. The van der Waals surface area contributed by atoms with E-state index in [0.717, 1.165) is 66.6 Å². The van der Waals surface area contributed by atoms with Gasteiger partial charge in [-0.1, -0.05) is 164 Å². The Labute approximate surface area is 301 Å². The average molecular weight is 662 g/mol. The van der Waals surface area contributed by atoms with Gasteiger partial charge in [-0.25, -0.2) is 15.0 Å². The molecule has 0 aliphatic rings. The van der Waals surface area contributed by atoms with Gasteiger partial charge in [0.05, 0.1) is 22.6 Å². The second kappa shape index (κ2) is 12.4. The predicted molar refractivity (Wildman–Crippen MR) is 217 cm³/mol. The van der Waals surface area contributed by atoms with E-state index in [2.05, 4.69) is 164 Å². The Bertz CT molecular complexity index is 2840. The van der Waals surface area contributed by atoms with Gasteiger partial charge in [0.1, 0.15) is 0 Å². The van der Waals surface area contributed by atoms with E-state index in [4.69, 9.17) is 15.0 Å². The lowest BCUT2D eigenvalue weighted by Crippen LogP contribution is -1.96. The third-order valence-electron chi connectivity index (χ3n) is 10.1. The molecule has 0 spiro atoms. The molecule has 10 aromatic rings. The van der Waals surface area contributed by atoms with Crippen LogP contribution in [0.2, 0.25) is 0 Å². The minimum absolute atomic E-state index is 0.708. The van der Waals surface area contributed by atoms with Crippen molar-refractivity contribution in [3.05, 3.63) is 188 Å². The zero-order valence-electron chi connectivity index (χ0n) is 28.2. The number of benzene rings is 8. The Balaban J connectivity index is 1.24. The summed E-state index contributed by atoms with van der Waals surface area (Å²) in [5, 5.41) is 8.01. The fourth-order valence-corrected chi connectivity index (χ4v) is 7.50. The van der Waals surface area contributed by atoms with E-state index in [0.29, 0.717) is 5.82 Å². The van der Waals surface area contributed by atoms with Crippen molar-refractivity contribution < 1.29 is 0 Å². The normalized spacial score (nSPS) is 11.5. The van der Waals surface area contributed by atoms with Gasteiger partial charge in [0.25, 0.3) is 0 Å². The highest BCUT2D eigenvalue weighted by Gasteiger charge is 2.17. The van der Waals surface area contributed by atoms with Gasteiger partial charge >= 0.3 is 0 Å². The van der Waals surface area contributed by atoms with Crippen LogP contribution < -0.4 is 0 Å². The Kier molecular flexibility index (Phi) is 7.14. The van der Waals surface area contributed by atoms with Crippen molar-refractivity contribution in [3.63, 3.8) is 0 Å². The molecule has 10 rings (SSSR count). The molecule has 0 aliphatic heterocycles. The number of hydrogen-bond acceptors (Lipinski definition) is 3. The Morgan fingerprint density at radius 3 is 1.62 bits per heavy atom. The van der Waals surface area contributed by atoms with Crippen molar-refractivity contribution in [3.8, 4) is 56.3 Å². The molecule has 52 heavy (non-hydrogen) atoms. The molecule has 0 saturated carbocycles. The van der Waals surface area contributed by atoms with E-state index >= 15 is 0 Å². The highest BCUT2D eigenvalue weighted by molar-refractivity contribution is 6.11. The number of pyridine rings is 1. The third kappa shape index (κ3) is 5.19. The summed E-state index contributed by atoms with van der Waals surface area (Å²) in [5.74, 6) is 0.708. The van der Waals surface area contributed by atoms with E-state index in [1.165, 1.54) is 27.1 Å². The van der Waals surface area contributed by atoms with E-state index < -0.39 is 0 Å². The van der Waals surface area contributed by atoms with Crippen LogP contribution in [-0.2, 0) is 0 Å². The third-order valence-corrected chi connectivity index (χ3v) is 10.1. The first-order chi connectivity index (χ1) is 25.8. The zero-order valence-corrected chi connectivity index (χ0v) is 28.2. The summed E-state index contributed by atoms with van der Waals surface area (Å²) in [7, 11) is 0. The molecular formula is C49H31N3. The van der Waals surface area contributed by atoms with Gasteiger partial charge in [-0.05, 0) is 62.3 Å². The molecule has 0 fully saturated rings. The first kappa shape index (κ1) is 29.9. The van der Waals surface area contributed by atoms with Crippen LogP contribution in [0.25, 0.3) is 99.5 Å². The Morgan fingerprint density at radius 1 is 0.288 bits per heavy atom. The van der Waals surface area contributed by atoms with E-state index in [1.807, 2.05) is 24.3 Å². The minimum atomic E-state index is 0.708. The molecule has 3 nitrogen and oxygen atoms in total. The SMILES string of the molecule is c1ccc(-c2nc(-c3ccccc3)c3ccc4ccc(-c5cc(-c6cccc7ccccc67)cc(-c6cccc7ccccc67)n5)cc4c3n2)cc1. The first-order valence-electron chi connectivity index (χ1n) is 17.6. The van der Waals surface area contributed by atoms with Gasteiger partial charge in [0.2, 0.25) is 0 Å². The molecule has 0 radical (unpaired) electrons. The van der Waals surface area contributed by atoms with Crippen LogP contribution in [-0.4, -0.2) is 15.0 Å². The van der Waals surface area contributed by atoms with Crippen molar-refractivity contribution in [1.29, 1.82) is 0 Å². The van der Waals surface area contributed by atoms with Crippen molar-refractivity contribution in [2.45, 2.75) is 0 Å². The standard InChI is InChI=1S/C49H31N3/c1-3-15-35(16-4-1)47-43-28-27-34-25-26-37(29-44(34)48(43)52-49(51-47)36-17-5-2-6-18-36)45-30-38(41-23-11-19-32-13-7-9-21-39(32)41)31-46(50-45)42-24-12-20-33-14-8-10-22-40(33)42/h1-31H. The van der Waals surface area contributed by atoms with Crippen LogP contribution in [0.3, 0.4) is 0 Å². The summed E-state index contributed by atoms with van der Waals surface area (Å²) in [6.45, 7) is 0. The van der Waals surface area contributed by atoms with Crippen LogP contribution in [0.4, 0.5) is 0 Å². The van der Waals surface area contributed by atoms with Crippen molar-refractivity contribution in [1.82, 2.24) is 15.0 Å². The van der Waals surface area contributed by atoms with Gasteiger partial charge in [-0.2, -0.15) is 0 Å².